The summed E-state index contributed by atoms with van der Waals surface area (Å²) >= 11 is 0. The third kappa shape index (κ3) is 5.25. The van der Waals surface area contributed by atoms with E-state index in [-0.39, 0.29) is 5.92 Å². The van der Waals surface area contributed by atoms with Crippen LogP contribution in [0.4, 0.5) is 8.78 Å². The Morgan fingerprint density at radius 3 is 2.00 bits per heavy atom. The maximum atomic E-state index is 15.1. The molecule has 2 aromatic rings. The molecule has 3 heteroatoms. The van der Waals surface area contributed by atoms with Gasteiger partial charge in [-0.15, -0.1) is 0 Å². The van der Waals surface area contributed by atoms with Crippen molar-refractivity contribution in [3.63, 3.8) is 0 Å². The molecule has 2 aliphatic carbocycles. The standard InChI is InChI=1S/C29H38F2O/c1-3-4-20-5-9-22(10-6-20)23-13-15-25(16-14-23)27-18-17-26(28(30)29(27)31)24-11-7-21(8-12-24)19-32-2/h13-18,20-22,24H,3-12,19H2,1-2H3. The molecule has 0 bridgehead atoms. The van der Waals surface area contributed by atoms with Gasteiger partial charge in [0, 0.05) is 19.3 Å². The van der Waals surface area contributed by atoms with Crippen LogP contribution in [0.3, 0.4) is 0 Å². The average Bonchev–Trinajstić information content (AvgIpc) is 2.83. The maximum absolute atomic E-state index is 15.1. The molecule has 4 rings (SSSR count). The van der Waals surface area contributed by atoms with Gasteiger partial charge >= 0.3 is 0 Å². The van der Waals surface area contributed by atoms with E-state index < -0.39 is 11.6 Å². The normalized spacial score (nSPS) is 26.2. The van der Waals surface area contributed by atoms with Crippen molar-refractivity contribution in [2.24, 2.45) is 11.8 Å². The lowest BCUT2D eigenvalue weighted by atomic mass is 9.77. The summed E-state index contributed by atoms with van der Waals surface area (Å²) in [5.41, 5.74) is 3.02. The van der Waals surface area contributed by atoms with E-state index in [1.807, 2.05) is 18.2 Å². The number of hydrogen-bond acceptors (Lipinski definition) is 1. The highest BCUT2D eigenvalue weighted by atomic mass is 19.2. The van der Waals surface area contributed by atoms with Crippen molar-refractivity contribution in [1.82, 2.24) is 0 Å². The van der Waals surface area contributed by atoms with Crippen molar-refractivity contribution >= 4 is 0 Å². The minimum atomic E-state index is -0.700. The van der Waals surface area contributed by atoms with Crippen LogP contribution in [0.15, 0.2) is 36.4 Å². The fourth-order valence-electron chi connectivity index (χ4n) is 6.11. The molecule has 0 N–H and O–H groups in total. The third-order valence-electron chi connectivity index (χ3n) is 8.04. The molecule has 174 valence electrons. The number of halogens is 2. The molecule has 0 aromatic heterocycles. The molecule has 0 radical (unpaired) electrons. The predicted molar refractivity (Wildman–Crippen MR) is 128 cm³/mol. The highest BCUT2D eigenvalue weighted by molar-refractivity contribution is 5.65. The minimum absolute atomic E-state index is 0.108. The van der Waals surface area contributed by atoms with Crippen LogP contribution in [0, 0.1) is 23.5 Å². The van der Waals surface area contributed by atoms with Crippen LogP contribution in [0.1, 0.15) is 94.1 Å². The number of hydrogen-bond donors (Lipinski definition) is 0. The van der Waals surface area contributed by atoms with Crippen molar-refractivity contribution < 1.29 is 13.5 Å². The molecular formula is C29H38F2O. The number of benzene rings is 2. The van der Waals surface area contributed by atoms with Crippen LogP contribution in [0.2, 0.25) is 0 Å². The smallest absolute Gasteiger partial charge is 0.166 e. The zero-order valence-corrected chi connectivity index (χ0v) is 19.7. The van der Waals surface area contributed by atoms with Gasteiger partial charge in [0.25, 0.3) is 0 Å². The summed E-state index contributed by atoms with van der Waals surface area (Å²) in [7, 11) is 1.73. The van der Waals surface area contributed by atoms with Gasteiger partial charge in [-0.05, 0) is 91.7 Å². The second-order valence-corrected chi connectivity index (χ2v) is 10.1. The molecule has 32 heavy (non-hydrogen) atoms. The van der Waals surface area contributed by atoms with Gasteiger partial charge in [-0.1, -0.05) is 56.2 Å². The van der Waals surface area contributed by atoms with E-state index in [0.717, 1.165) is 43.8 Å². The summed E-state index contributed by atoms with van der Waals surface area (Å²) in [6.07, 6.45) is 11.6. The topological polar surface area (TPSA) is 9.23 Å². The molecule has 0 saturated heterocycles. The lowest BCUT2D eigenvalue weighted by Gasteiger charge is -2.29. The first kappa shape index (κ1) is 23.4. The number of methoxy groups -OCH3 is 1. The van der Waals surface area contributed by atoms with Crippen molar-refractivity contribution in [2.45, 2.75) is 83.0 Å². The summed E-state index contributed by atoms with van der Waals surface area (Å²) in [6.45, 7) is 3.03. The molecule has 0 heterocycles. The summed E-state index contributed by atoms with van der Waals surface area (Å²) in [5.74, 6) is 0.793. The van der Waals surface area contributed by atoms with Crippen LogP contribution in [-0.4, -0.2) is 13.7 Å². The van der Waals surface area contributed by atoms with Gasteiger partial charge in [0.15, 0.2) is 11.6 Å². The van der Waals surface area contributed by atoms with E-state index in [9.17, 15) is 0 Å². The summed E-state index contributed by atoms with van der Waals surface area (Å²) < 4.78 is 35.4. The first-order valence-electron chi connectivity index (χ1n) is 12.7. The van der Waals surface area contributed by atoms with Gasteiger partial charge in [-0.25, -0.2) is 8.78 Å². The molecule has 0 aliphatic heterocycles. The maximum Gasteiger partial charge on any atom is 0.166 e. The Morgan fingerprint density at radius 2 is 1.38 bits per heavy atom. The Kier molecular flexibility index (Phi) is 7.99. The Balaban J connectivity index is 1.43. The van der Waals surface area contributed by atoms with Gasteiger partial charge in [0.1, 0.15) is 0 Å². The van der Waals surface area contributed by atoms with E-state index in [2.05, 4.69) is 19.1 Å². The van der Waals surface area contributed by atoms with Gasteiger partial charge in [0.05, 0.1) is 0 Å². The van der Waals surface area contributed by atoms with E-state index in [1.54, 1.807) is 13.2 Å². The fraction of sp³-hybridized carbons (Fsp3) is 0.586. The molecule has 0 amide bonds. The van der Waals surface area contributed by atoms with Crippen LogP contribution in [0.25, 0.3) is 11.1 Å². The van der Waals surface area contributed by atoms with Crippen molar-refractivity contribution in [3.05, 3.63) is 59.2 Å². The summed E-state index contributed by atoms with van der Waals surface area (Å²) in [4.78, 5) is 0. The van der Waals surface area contributed by atoms with Gasteiger partial charge in [-0.2, -0.15) is 0 Å². The molecule has 2 aliphatic rings. The zero-order chi connectivity index (χ0) is 22.5. The Morgan fingerprint density at radius 1 is 0.750 bits per heavy atom. The Hall–Kier alpha value is -1.74. The highest BCUT2D eigenvalue weighted by Gasteiger charge is 2.27. The van der Waals surface area contributed by atoms with E-state index in [4.69, 9.17) is 4.74 Å². The van der Waals surface area contributed by atoms with Crippen LogP contribution >= 0.6 is 0 Å². The van der Waals surface area contributed by atoms with Gasteiger partial charge < -0.3 is 4.74 Å². The lowest BCUT2D eigenvalue weighted by Crippen LogP contribution is -2.18. The molecule has 0 spiro atoms. The Labute approximate surface area is 192 Å². The summed E-state index contributed by atoms with van der Waals surface area (Å²) in [5, 5.41) is 0. The third-order valence-corrected chi connectivity index (χ3v) is 8.04. The van der Waals surface area contributed by atoms with Gasteiger partial charge in [0.2, 0.25) is 0 Å². The first-order chi connectivity index (χ1) is 15.6. The number of ether oxygens (including phenoxy) is 1. The first-order valence-corrected chi connectivity index (χ1v) is 12.7. The van der Waals surface area contributed by atoms with E-state index >= 15 is 8.78 Å². The molecule has 0 unspecified atom stereocenters. The molecular weight excluding hydrogens is 402 g/mol. The van der Waals surface area contributed by atoms with Crippen LogP contribution in [0.5, 0.6) is 0 Å². The van der Waals surface area contributed by atoms with E-state index in [1.165, 1.54) is 44.1 Å². The highest BCUT2D eigenvalue weighted by Crippen LogP contribution is 2.40. The molecule has 2 saturated carbocycles. The summed E-state index contributed by atoms with van der Waals surface area (Å²) in [6, 6.07) is 11.8. The molecule has 1 nitrogen and oxygen atoms in total. The van der Waals surface area contributed by atoms with Gasteiger partial charge in [-0.3, -0.25) is 0 Å². The van der Waals surface area contributed by atoms with Crippen molar-refractivity contribution in [1.29, 1.82) is 0 Å². The Bertz CT molecular complexity index is 859. The predicted octanol–water partition coefficient (Wildman–Crippen LogP) is 8.63. The fourth-order valence-corrected chi connectivity index (χ4v) is 6.11. The average molecular weight is 441 g/mol. The van der Waals surface area contributed by atoms with E-state index in [0.29, 0.717) is 23.0 Å². The lowest BCUT2D eigenvalue weighted by molar-refractivity contribution is 0.127. The van der Waals surface area contributed by atoms with Crippen LogP contribution < -0.4 is 0 Å². The SMILES string of the molecule is CCCC1CCC(c2ccc(-c3ccc(C4CCC(COC)CC4)c(F)c3F)cc2)CC1. The second kappa shape index (κ2) is 10.9. The minimum Gasteiger partial charge on any atom is -0.384 e. The molecule has 2 aromatic carbocycles. The zero-order valence-electron chi connectivity index (χ0n) is 19.7. The molecule has 0 atom stereocenters. The monoisotopic (exact) mass is 440 g/mol. The second-order valence-electron chi connectivity index (χ2n) is 10.1. The van der Waals surface area contributed by atoms with Crippen molar-refractivity contribution in [2.75, 3.05) is 13.7 Å². The van der Waals surface area contributed by atoms with Crippen molar-refractivity contribution in [3.8, 4) is 11.1 Å². The van der Waals surface area contributed by atoms with Crippen LogP contribution in [-0.2, 0) is 4.74 Å². The largest absolute Gasteiger partial charge is 0.384 e. The molecule has 2 fully saturated rings. The number of rotatable bonds is 7. The quantitative estimate of drug-likeness (QED) is 0.419.